The average Bonchev–Trinajstić information content (AvgIpc) is 3.29. The molecule has 0 spiro atoms. The molecule has 0 radical (unpaired) electrons. The second-order valence-electron chi connectivity index (χ2n) is 5.49. The van der Waals surface area contributed by atoms with Crippen LogP contribution in [0, 0.1) is 0 Å². The van der Waals surface area contributed by atoms with Gasteiger partial charge in [0.05, 0.1) is 24.9 Å². The predicted molar refractivity (Wildman–Crippen MR) is 95.3 cm³/mol. The van der Waals surface area contributed by atoms with Crippen molar-refractivity contribution in [2.24, 2.45) is 0 Å². The number of hydrogen-bond donors (Lipinski definition) is 2. The molecule has 1 atom stereocenters. The van der Waals surface area contributed by atoms with Crippen molar-refractivity contribution in [3.05, 3.63) is 22.4 Å². The average molecular weight is 371 g/mol. The fourth-order valence-corrected chi connectivity index (χ4v) is 3.63. The van der Waals surface area contributed by atoms with E-state index in [0.29, 0.717) is 25.6 Å². The largest absolute Gasteiger partial charge is 0.472 e. The predicted octanol–water partition coefficient (Wildman–Crippen LogP) is 1.01. The lowest BCUT2D eigenvalue weighted by Gasteiger charge is -2.26. The molecule has 3 rings (SSSR count). The molecule has 1 unspecified atom stereocenters. The van der Waals surface area contributed by atoms with Crippen molar-refractivity contribution < 1.29 is 14.6 Å². The molecular formula is C15H22N4O3S2. The van der Waals surface area contributed by atoms with Crippen LogP contribution in [0.5, 0.6) is 5.88 Å². The van der Waals surface area contributed by atoms with E-state index in [2.05, 4.69) is 36.5 Å². The van der Waals surface area contributed by atoms with E-state index in [-0.39, 0.29) is 6.61 Å². The zero-order valence-corrected chi connectivity index (χ0v) is 15.0. The van der Waals surface area contributed by atoms with E-state index < -0.39 is 6.10 Å². The minimum atomic E-state index is -0.576. The van der Waals surface area contributed by atoms with Gasteiger partial charge in [-0.25, -0.2) is 0 Å². The maximum Gasteiger partial charge on any atom is 0.270 e. The summed E-state index contributed by atoms with van der Waals surface area (Å²) in [6.45, 7) is 4.49. The molecule has 24 heavy (non-hydrogen) atoms. The van der Waals surface area contributed by atoms with E-state index in [4.69, 9.17) is 9.47 Å². The Balaban J connectivity index is 1.36. The molecule has 0 saturated carbocycles. The lowest BCUT2D eigenvalue weighted by atomic mass is 10.3. The van der Waals surface area contributed by atoms with Crippen LogP contribution in [-0.2, 0) is 11.2 Å². The number of thiophene rings is 1. The van der Waals surface area contributed by atoms with Crippen molar-refractivity contribution >= 4 is 28.9 Å². The van der Waals surface area contributed by atoms with Crippen LogP contribution in [0.4, 0.5) is 5.82 Å². The summed E-state index contributed by atoms with van der Waals surface area (Å²) in [5.41, 5.74) is 0. The molecule has 1 saturated heterocycles. The van der Waals surface area contributed by atoms with Gasteiger partial charge in [-0.2, -0.15) is 4.37 Å². The van der Waals surface area contributed by atoms with Crippen LogP contribution < -0.4 is 15.0 Å². The molecule has 7 nitrogen and oxygen atoms in total. The molecule has 0 bridgehead atoms. The van der Waals surface area contributed by atoms with Gasteiger partial charge >= 0.3 is 0 Å². The SMILES string of the molecule is OC(CNCCc1cccs1)COc1nsnc1N1CCOCC1. The number of aromatic nitrogens is 2. The number of morpholine rings is 1. The van der Waals surface area contributed by atoms with Gasteiger partial charge in [-0.15, -0.1) is 15.7 Å². The van der Waals surface area contributed by atoms with Crippen LogP contribution in [0.15, 0.2) is 17.5 Å². The Morgan fingerprint density at radius 2 is 2.25 bits per heavy atom. The maximum absolute atomic E-state index is 10.0. The van der Waals surface area contributed by atoms with E-state index in [0.717, 1.165) is 43.6 Å². The Bertz CT molecular complexity index is 587. The monoisotopic (exact) mass is 370 g/mol. The molecule has 9 heteroatoms. The van der Waals surface area contributed by atoms with Gasteiger partial charge in [0.1, 0.15) is 12.7 Å². The molecule has 3 heterocycles. The van der Waals surface area contributed by atoms with Crippen LogP contribution in [0.25, 0.3) is 0 Å². The normalized spacial score (nSPS) is 16.3. The summed E-state index contributed by atoms with van der Waals surface area (Å²) in [7, 11) is 0. The Labute approximate surface area is 149 Å². The topological polar surface area (TPSA) is 79.7 Å². The van der Waals surface area contributed by atoms with Crippen LogP contribution in [0.1, 0.15) is 4.88 Å². The number of aliphatic hydroxyl groups is 1. The summed E-state index contributed by atoms with van der Waals surface area (Å²) in [5, 5.41) is 15.4. The first kappa shape index (κ1) is 17.6. The van der Waals surface area contributed by atoms with Crippen molar-refractivity contribution in [1.29, 1.82) is 0 Å². The number of aliphatic hydroxyl groups excluding tert-OH is 1. The lowest BCUT2D eigenvalue weighted by Crippen LogP contribution is -2.37. The Morgan fingerprint density at radius 1 is 1.38 bits per heavy atom. The van der Waals surface area contributed by atoms with Gasteiger partial charge in [0.25, 0.3) is 5.88 Å². The minimum absolute atomic E-state index is 0.203. The first-order valence-electron chi connectivity index (χ1n) is 8.02. The third-order valence-electron chi connectivity index (χ3n) is 3.67. The molecule has 1 aliphatic rings. The molecule has 1 aliphatic heterocycles. The van der Waals surface area contributed by atoms with Crippen molar-refractivity contribution in [2.75, 3.05) is 50.9 Å². The summed E-state index contributed by atoms with van der Waals surface area (Å²) in [4.78, 5) is 3.45. The highest BCUT2D eigenvalue weighted by Gasteiger charge is 2.20. The number of nitrogens with one attached hydrogen (secondary N) is 1. The molecule has 2 N–H and O–H groups in total. The highest BCUT2D eigenvalue weighted by molar-refractivity contribution is 7.09. The summed E-state index contributed by atoms with van der Waals surface area (Å²) < 4.78 is 19.5. The standard InChI is InChI=1S/C15H22N4O3S2/c20-12(10-16-4-3-13-2-1-9-23-13)11-22-15-14(17-24-18-15)19-5-7-21-8-6-19/h1-2,9,12,16,20H,3-8,10-11H2. The maximum atomic E-state index is 10.0. The molecule has 0 amide bonds. The Morgan fingerprint density at radius 3 is 3.04 bits per heavy atom. The molecule has 132 valence electrons. The van der Waals surface area contributed by atoms with Crippen molar-refractivity contribution in [3.8, 4) is 5.88 Å². The van der Waals surface area contributed by atoms with Crippen LogP contribution in [-0.4, -0.2) is 66.0 Å². The summed E-state index contributed by atoms with van der Waals surface area (Å²) in [6, 6.07) is 4.17. The zero-order valence-electron chi connectivity index (χ0n) is 13.4. The Kier molecular flexibility index (Phi) is 6.79. The number of ether oxygens (including phenoxy) is 2. The lowest BCUT2D eigenvalue weighted by molar-refractivity contribution is 0.103. The quantitative estimate of drug-likeness (QED) is 0.638. The molecular weight excluding hydrogens is 348 g/mol. The van der Waals surface area contributed by atoms with Crippen LogP contribution in [0.2, 0.25) is 0 Å². The number of rotatable bonds is 9. The van der Waals surface area contributed by atoms with E-state index >= 15 is 0 Å². The fraction of sp³-hybridized carbons (Fsp3) is 0.600. The number of anilines is 1. The van der Waals surface area contributed by atoms with Gasteiger partial charge in [-0.05, 0) is 17.9 Å². The first-order valence-corrected chi connectivity index (χ1v) is 9.63. The third kappa shape index (κ3) is 5.12. The van der Waals surface area contributed by atoms with Crippen molar-refractivity contribution in [1.82, 2.24) is 14.1 Å². The number of hydrogen-bond acceptors (Lipinski definition) is 9. The van der Waals surface area contributed by atoms with E-state index in [1.807, 2.05) is 0 Å². The molecule has 0 aromatic carbocycles. The molecule has 2 aromatic rings. The van der Waals surface area contributed by atoms with Gasteiger partial charge in [-0.3, -0.25) is 0 Å². The second kappa shape index (κ2) is 9.28. The molecule has 2 aromatic heterocycles. The fourth-order valence-electron chi connectivity index (χ4n) is 2.40. The van der Waals surface area contributed by atoms with Crippen molar-refractivity contribution in [2.45, 2.75) is 12.5 Å². The second-order valence-corrected chi connectivity index (χ2v) is 7.05. The highest BCUT2D eigenvalue weighted by atomic mass is 32.1. The van der Waals surface area contributed by atoms with E-state index in [1.54, 1.807) is 11.3 Å². The zero-order chi connectivity index (χ0) is 16.6. The van der Waals surface area contributed by atoms with Gasteiger partial charge in [0, 0.05) is 31.1 Å². The summed E-state index contributed by atoms with van der Waals surface area (Å²) in [5.74, 6) is 1.25. The van der Waals surface area contributed by atoms with E-state index in [1.165, 1.54) is 4.88 Å². The molecule has 0 aliphatic carbocycles. The smallest absolute Gasteiger partial charge is 0.270 e. The van der Waals surface area contributed by atoms with Gasteiger partial charge in [-0.1, -0.05) is 6.07 Å². The highest BCUT2D eigenvalue weighted by Crippen LogP contribution is 2.26. The summed E-state index contributed by atoms with van der Waals surface area (Å²) in [6.07, 6.45) is 0.398. The van der Waals surface area contributed by atoms with Crippen molar-refractivity contribution in [3.63, 3.8) is 0 Å². The van der Waals surface area contributed by atoms with Gasteiger partial charge in [0.2, 0.25) is 5.82 Å². The van der Waals surface area contributed by atoms with Crippen LogP contribution in [0.3, 0.4) is 0 Å². The number of nitrogens with zero attached hydrogens (tertiary/aromatic N) is 3. The van der Waals surface area contributed by atoms with Gasteiger partial charge < -0.3 is 24.8 Å². The first-order chi connectivity index (χ1) is 11.8. The van der Waals surface area contributed by atoms with Gasteiger partial charge in [0.15, 0.2) is 0 Å². The Hall–Kier alpha value is -1.26. The van der Waals surface area contributed by atoms with E-state index in [9.17, 15) is 5.11 Å². The van der Waals surface area contributed by atoms with Crippen LogP contribution >= 0.6 is 23.1 Å². The minimum Gasteiger partial charge on any atom is -0.472 e. The summed E-state index contributed by atoms with van der Waals surface area (Å²) >= 11 is 2.88. The molecule has 1 fully saturated rings. The third-order valence-corrected chi connectivity index (χ3v) is 5.11.